The zero-order valence-corrected chi connectivity index (χ0v) is 15.0. The van der Waals surface area contributed by atoms with E-state index < -0.39 is 0 Å². The molecule has 1 amide bonds. The molecule has 3 rings (SSSR count). The molecular formula is C21H22N2O3. The fourth-order valence-corrected chi connectivity index (χ4v) is 2.57. The summed E-state index contributed by atoms with van der Waals surface area (Å²) in [5.74, 6) is 1.49. The highest BCUT2D eigenvalue weighted by atomic mass is 16.5. The Morgan fingerprint density at radius 1 is 1.00 bits per heavy atom. The van der Waals surface area contributed by atoms with E-state index in [1.165, 1.54) is 0 Å². The number of carbonyl (C=O) groups is 1. The molecule has 5 nitrogen and oxygen atoms in total. The van der Waals surface area contributed by atoms with Crippen LogP contribution in [0.4, 0.5) is 5.82 Å². The monoisotopic (exact) mass is 350 g/mol. The van der Waals surface area contributed by atoms with Gasteiger partial charge in [0.2, 0.25) is 0 Å². The van der Waals surface area contributed by atoms with Gasteiger partial charge >= 0.3 is 0 Å². The van der Waals surface area contributed by atoms with Gasteiger partial charge < -0.3 is 14.8 Å². The maximum Gasteiger partial charge on any atom is 0.256 e. The first-order valence-corrected chi connectivity index (χ1v) is 8.78. The first-order chi connectivity index (χ1) is 12.7. The maximum atomic E-state index is 12.6. The summed E-state index contributed by atoms with van der Waals surface area (Å²) in [5.41, 5.74) is 1.33. The molecule has 0 aliphatic rings. The quantitative estimate of drug-likeness (QED) is 0.672. The highest BCUT2D eigenvalue weighted by Crippen LogP contribution is 2.29. The van der Waals surface area contributed by atoms with Crippen LogP contribution in [0.2, 0.25) is 0 Å². The van der Waals surface area contributed by atoms with Crippen LogP contribution in [0.15, 0.2) is 54.6 Å². The van der Waals surface area contributed by atoms with Gasteiger partial charge in [-0.05, 0) is 49.7 Å². The van der Waals surface area contributed by atoms with Gasteiger partial charge in [0.05, 0.1) is 18.7 Å². The fourth-order valence-electron chi connectivity index (χ4n) is 2.57. The Kier molecular flexibility index (Phi) is 5.69. The molecule has 0 spiro atoms. The number of pyridine rings is 1. The van der Waals surface area contributed by atoms with Crippen molar-refractivity contribution in [3.05, 3.63) is 60.2 Å². The number of aromatic nitrogens is 1. The zero-order chi connectivity index (χ0) is 18.4. The minimum Gasteiger partial charge on any atom is -0.490 e. The average molecular weight is 350 g/mol. The molecule has 0 unspecified atom stereocenters. The standard InChI is InChI=1S/C21H22N2O3/c1-3-13-26-18-11-9-16(14-19(18)25-4-2)21(24)23-20-12-10-15-7-5-6-8-17(15)22-20/h5-12,14H,3-4,13H2,1-2H3,(H,22,23,24). The molecule has 0 fully saturated rings. The van der Waals surface area contributed by atoms with Crippen molar-refractivity contribution in [1.82, 2.24) is 4.98 Å². The van der Waals surface area contributed by atoms with Crippen molar-refractivity contribution < 1.29 is 14.3 Å². The number of para-hydroxylation sites is 1. The molecule has 0 atom stereocenters. The van der Waals surface area contributed by atoms with Crippen molar-refractivity contribution >= 4 is 22.6 Å². The number of nitrogens with one attached hydrogen (secondary N) is 1. The molecule has 0 aliphatic carbocycles. The number of anilines is 1. The highest BCUT2D eigenvalue weighted by molar-refractivity contribution is 6.04. The second kappa shape index (κ2) is 8.34. The highest BCUT2D eigenvalue weighted by Gasteiger charge is 2.12. The van der Waals surface area contributed by atoms with Gasteiger partial charge in [-0.1, -0.05) is 25.1 Å². The molecule has 134 valence electrons. The van der Waals surface area contributed by atoms with E-state index in [1.54, 1.807) is 24.3 Å². The van der Waals surface area contributed by atoms with Crippen LogP contribution >= 0.6 is 0 Å². The van der Waals surface area contributed by atoms with Crippen LogP contribution in [0.5, 0.6) is 11.5 Å². The van der Waals surface area contributed by atoms with Crippen LogP contribution in [0.25, 0.3) is 10.9 Å². The molecule has 26 heavy (non-hydrogen) atoms. The molecule has 1 N–H and O–H groups in total. The number of ether oxygens (including phenoxy) is 2. The summed E-state index contributed by atoms with van der Waals surface area (Å²) in [4.78, 5) is 17.1. The predicted octanol–water partition coefficient (Wildman–Crippen LogP) is 4.67. The van der Waals surface area contributed by atoms with Crippen LogP contribution < -0.4 is 14.8 Å². The van der Waals surface area contributed by atoms with Gasteiger partial charge in [0, 0.05) is 10.9 Å². The number of carbonyl (C=O) groups excluding carboxylic acids is 1. The minimum atomic E-state index is -0.240. The molecule has 5 heteroatoms. The molecule has 0 saturated heterocycles. The van der Waals surface area contributed by atoms with Gasteiger partial charge in [-0.25, -0.2) is 4.98 Å². The van der Waals surface area contributed by atoms with E-state index in [2.05, 4.69) is 10.3 Å². The summed E-state index contributed by atoms with van der Waals surface area (Å²) in [6.07, 6.45) is 0.904. The van der Waals surface area contributed by atoms with Crippen molar-refractivity contribution in [1.29, 1.82) is 0 Å². The van der Waals surface area contributed by atoms with Gasteiger partial charge in [-0.2, -0.15) is 0 Å². The lowest BCUT2D eigenvalue weighted by atomic mass is 10.2. The van der Waals surface area contributed by atoms with Crippen LogP contribution in [0, 0.1) is 0 Å². The first-order valence-electron chi connectivity index (χ1n) is 8.78. The number of fused-ring (bicyclic) bond motifs is 1. The molecule has 3 aromatic rings. The lowest BCUT2D eigenvalue weighted by Gasteiger charge is -2.13. The van der Waals surface area contributed by atoms with Crippen molar-refractivity contribution in [3.8, 4) is 11.5 Å². The minimum absolute atomic E-state index is 0.240. The summed E-state index contributed by atoms with van der Waals surface area (Å²) in [5, 5.41) is 3.87. The third kappa shape index (κ3) is 4.11. The van der Waals surface area contributed by atoms with Crippen molar-refractivity contribution in [3.63, 3.8) is 0 Å². The van der Waals surface area contributed by atoms with E-state index in [1.807, 2.05) is 44.2 Å². The van der Waals surface area contributed by atoms with Crippen LogP contribution in [0.1, 0.15) is 30.6 Å². The zero-order valence-electron chi connectivity index (χ0n) is 15.0. The molecule has 1 heterocycles. The van der Waals surface area contributed by atoms with Crippen LogP contribution in [0.3, 0.4) is 0 Å². The van der Waals surface area contributed by atoms with Crippen LogP contribution in [-0.4, -0.2) is 24.1 Å². The van der Waals surface area contributed by atoms with Crippen molar-refractivity contribution in [2.75, 3.05) is 18.5 Å². The average Bonchev–Trinajstić information content (AvgIpc) is 2.67. The van der Waals surface area contributed by atoms with Gasteiger partial charge in [-0.15, -0.1) is 0 Å². The van der Waals surface area contributed by atoms with E-state index in [9.17, 15) is 4.79 Å². The largest absolute Gasteiger partial charge is 0.490 e. The number of rotatable bonds is 7. The summed E-state index contributed by atoms with van der Waals surface area (Å²) in [6, 6.07) is 16.7. The Bertz CT molecular complexity index is 909. The van der Waals surface area contributed by atoms with Crippen LogP contribution in [-0.2, 0) is 0 Å². The fraction of sp³-hybridized carbons (Fsp3) is 0.238. The Balaban J connectivity index is 1.80. The smallest absolute Gasteiger partial charge is 0.256 e. The number of benzene rings is 2. The molecule has 2 aromatic carbocycles. The van der Waals surface area contributed by atoms with E-state index in [0.29, 0.717) is 36.1 Å². The predicted molar refractivity (Wildman–Crippen MR) is 103 cm³/mol. The van der Waals surface area contributed by atoms with Crippen molar-refractivity contribution in [2.45, 2.75) is 20.3 Å². The molecule has 0 aliphatic heterocycles. The topological polar surface area (TPSA) is 60.5 Å². The normalized spacial score (nSPS) is 10.5. The SMILES string of the molecule is CCCOc1ccc(C(=O)Nc2ccc3ccccc3n2)cc1OCC. The summed E-state index contributed by atoms with van der Waals surface area (Å²) < 4.78 is 11.3. The van der Waals surface area contributed by atoms with Gasteiger partial charge in [-0.3, -0.25) is 4.79 Å². The summed E-state index contributed by atoms with van der Waals surface area (Å²) >= 11 is 0. The van der Waals surface area contributed by atoms with Gasteiger partial charge in [0.1, 0.15) is 5.82 Å². The molecule has 0 radical (unpaired) electrons. The molecular weight excluding hydrogens is 328 g/mol. The molecule has 1 aromatic heterocycles. The van der Waals surface area contributed by atoms with E-state index in [-0.39, 0.29) is 5.91 Å². The third-order valence-corrected chi connectivity index (χ3v) is 3.81. The first kappa shape index (κ1) is 17.7. The van der Waals surface area contributed by atoms with Crippen molar-refractivity contribution in [2.24, 2.45) is 0 Å². The van der Waals surface area contributed by atoms with E-state index in [4.69, 9.17) is 9.47 Å². The summed E-state index contributed by atoms with van der Waals surface area (Å²) in [6.45, 7) is 5.04. The third-order valence-electron chi connectivity index (χ3n) is 3.81. The Labute approximate surface area is 153 Å². The second-order valence-electron chi connectivity index (χ2n) is 5.79. The number of hydrogen-bond donors (Lipinski definition) is 1. The van der Waals surface area contributed by atoms with E-state index in [0.717, 1.165) is 17.3 Å². The number of hydrogen-bond acceptors (Lipinski definition) is 4. The maximum absolute atomic E-state index is 12.6. The Hall–Kier alpha value is -3.08. The lowest BCUT2D eigenvalue weighted by Crippen LogP contribution is -2.13. The second-order valence-corrected chi connectivity index (χ2v) is 5.79. The number of amides is 1. The molecule has 0 saturated carbocycles. The van der Waals surface area contributed by atoms with E-state index >= 15 is 0 Å². The van der Waals surface area contributed by atoms with Gasteiger partial charge in [0.25, 0.3) is 5.91 Å². The molecule has 0 bridgehead atoms. The van der Waals surface area contributed by atoms with Gasteiger partial charge in [0.15, 0.2) is 11.5 Å². The summed E-state index contributed by atoms with van der Waals surface area (Å²) in [7, 11) is 0. The Morgan fingerprint density at radius 2 is 1.85 bits per heavy atom. The Morgan fingerprint density at radius 3 is 2.65 bits per heavy atom. The lowest BCUT2D eigenvalue weighted by molar-refractivity contribution is 0.102. The number of nitrogens with zero attached hydrogens (tertiary/aromatic N) is 1.